The van der Waals surface area contributed by atoms with E-state index in [1.165, 1.54) is 11.8 Å². The molecule has 0 atom stereocenters. The van der Waals surface area contributed by atoms with Gasteiger partial charge in [0.15, 0.2) is 0 Å². The standard InChI is InChI=1S/C17H18O3S/c1-11(2)12-7-4-5-8-13(12)20-14-9-6-10-15(21-3)16(14)17(18)19/h4-11H,1-3H3,(H,18,19). The second-order valence-electron chi connectivity index (χ2n) is 4.93. The molecule has 0 heterocycles. The molecule has 2 aromatic rings. The zero-order valence-corrected chi connectivity index (χ0v) is 13.1. The Bertz CT molecular complexity index is 650. The van der Waals surface area contributed by atoms with E-state index in [-0.39, 0.29) is 5.56 Å². The van der Waals surface area contributed by atoms with Crippen molar-refractivity contribution in [3.63, 3.8) is 0 Å². The third-order valence-electron chi connectivity index (χ3n) is 3.18. The number of rotatable bonds is 5. The molecule has 0 unspecified atom stereocenters. The molecule has 0 spiro atoms. The Morgan fingerprint density at radius 2 is 1.76 bits per heavy atom. The fraction of sp³-hybridized carbons (Fsp3) is 0.235. The lowest BCUT2D eigenvalue weighted by atomic mass is 10.0. The summed E-state index contributed by atoms with van der Waals surface area (Å²) in [6, 6.07) is 13.0. The number of aromatic carboxylic acids is 1. The highest BCUT2D eigenvalue weighted by molar-refractivity contribution is 7.98. The van der Waals surface area contributed by atoms with Crippen LogP contribution in [-0.2, 0) is 0 Å². The van der Waals surface area contributed by atoms with Gasteiger partial charge in [-0.1, -0.05) is 38.1 Å². The molecule has 0 aromatic heterocycles. The number of para-hydroxylation sites is 1. The van der Waals surface area contributed by atoms with E-state index in [0.29, 0.717) is 22.3 Å². The van der Waals surface area contributed by atoms with E-state index in [0.717, 1.165) is 5.56 Å². The Kier molecular flexibility index (Phi) is 4.91. The van der Waals surface area contributed by atoms with Crippen LogP contribution in [0.2, 0.25) is 0 Å². The summed E-state index contributed by atoms with van der Waals surface area (Å²) < 4.78 is 5.91. The first-order valence-corrected chi connectivity index (χ1v) is 7.94. The highest BCUT2D eigenvalue weighted by Gasteiger charge is 2.18. The van der Waals surface area contributed by atoms with Crippen molar-refractivity contribution in [3.05, 3.63) is 53.6 Å². The van der Waals surface area contributed by atoms with E-state index in [2.05, 4.69) is 13.8 Å². The maximum Gasteiger partial charge on any atom is 0.340 e. The van der Waals surface area contributed by atoms with Crippen molar-refractivity contribution in [2.75, 3.05) is 6.26 Å². The van der Waals surface area contributed by atoms with Gasteiger partial charge in [-0.2, -0.15) is 0 Å². The van der Waals surface area contributed by atoms with Crippen molar-refractivity contribution in [3.8, 4) is 11.5 Å². The van der Waals surface area contributed by atoms with Gasteiger partial charge in [0.05, 0.1) is 0 Å². The number of thioether (sulfide) groups is 1. The van der Waals surface area contributed by atoms with Gasteiger partial charge < -0.3 is 9.84 Å². The van der Waals surface area contributed by atoms with E-state index in [4.69, 9.17) is 4.74 Å². The Balaban J connectivity index is 2.48. The topological polar surface area (TPSA) is 46.5 Å². The number of hydrogen-bond acceptors (Lipinski definition) is 3. The predicted octanol–water partition coefficient (Wildman–Crippen LogP) is 5.02. The van der Waals surface area contributed by atoms with Gasteiger partial charge in [0.2, 0.25) is 0 Å². The molecule has 0 aliphatic rings. The van der Waals surface area contributed by atoms with Gasteiger partial charge in [-0.25, -0.2) is 4.79 Å². The van der Waals surface area contributed by atoms with E-state index >= 15 is 0 Å². The van der Waals surface area contributed by atoms with Crippen LogP contribution in [0.1, 0.15) is 35.7 Å². The average Bonchev–Trinajstić information content (AvgIpc) is 2.47. The third kappa shape index (κ3) is 3.39. The molecule has 21 heavy (non-hydrogen) atoms. The van der Waals surface area contributed by atoms with Crippen molar-refractivity contribution in [1.82, 2.24) is 0 Å². The van der Waals surface area contributed by atoms with E-state index in [1.54, 1.807) is 12.1 Å². The lowest BCUT2D eigenvalue weighted by Crippen LogP contribution is -2.03. The largest absolute Gasteiger partial charge is 0.478 e. The molecule has 0 aliphatic heterocycles. The minimum Gasteiger partial charge on any atom is -0.478 e. The molecular weight excluding hydrogens is 284 g/mol. The summed E-state index contributed by atoms with van der Waals surface area (Å²) in [5.74, 6) is 0.408. The summed E-state index contributed by atoms with van der Waals surface area (Å²) in [4.78, 5) is 12.2. The first-order valence-electron chi connectivity index (χ1n) is 6.71. The van der Waals surface area contributed by atoms with E-state index in [9.17, 15) is 9.90 Å². The van der Waals surface area contributed by atoms with Gasteiger partial charge >= 0.3 is 5.97 Å². The molecule has 3 nitrogen and oxygen atoms in total. The van der Waals surface area contributed by atoms with Crippen LogP contribution < -0.4 is 4.74 Å². The molecule has 0 bridgehead atoms. The highest BCUT2D eigenvalue weighted by Crippen LogP contribution is 2.35. The first kappa shape index (κ1) is 15.4. The first-order chi connectivity index (χ1) is 10.0. The number of carboxylic acids is 1. The maximum absolute atomic E-state index is 11.5. The number of carboxylic acid groups (broad SMARTS) is 1. The molecule has 110 valence electrons. The normalized spacial score (nSPS) is 10.7. The van der Waals surface area contributed by atoms with Crippen molar-refractivity contribution in [1.29, 1.82) is 0 Å². The van der Waals surface area contributed by atoms with Crippen LogP contribution in [0.5, 0.6) is 11.5 Å². The summed E-state index contributed by atoms with van der Waals surface area (Å²) in [5.41, 5.74) is 1.27. The average molecular weight is 302 g/mol. The van der Waals surface area contributed by atoms with Gasteiger partial charge in [0, 0.05) is 4.90 Å². The SMILES string of the molecule is CSc1cccc(Oc2ccccc2C(C)C)c1C(=O)O. The monoisotopic (exact) mass is 302 g/mol. The van der Waals surface area contributed by atoms with Crippen LogP contribution in [0.25, 0.3) is 0 Å². The molecule has 1 N–H and O–H groups in total. The zero-order chi connectivity index (χ0) is 15.4. The number of ether oxygens (including phenoxy) is 1. The summed E-state index contributed by atoms with van der Waals surface area (Å²) in [5, 5.41) is 9.44. The number of carbonyl (C=O) groups is 1. The van der Waals surface area contributed by atoms with Crippen molar-refractivity contribution in [2.24, 2.45) is 0 Å². The Labute approximate surface area is 129 Å². The second-order valence-corrected chi connectivity index (χ2v) is 5.78. The lowest BCUT2D eigenvalue weighted by molar-refractivity contribution is 0.0690. The fourth-order valence-corrected chi connectivity index (χ4v) is 2.75. The quantitative estimate of drug-likeness (QED) is 0.787. The molecular formula is C17H18O3S. The molecule has 0 fully saturated rings. The van der Waals surface area contributed by atoms with Crippen LogP contribution in [0.3, 0.4) is 0 Å². The van der Waals surface area contributed by atoms with E-state index < -0.39 is 5.97 Å². The van der Waals surface area contributed by atoms with Crippen LogP contribution in [0, 0.1) is 0 Å². The number of benzene rings is 2. The lowest BCUT2D eigenvalue weighted by Gasteiger charge is -2.16. The molecule has 0 radical (unpaired) electrons. The predicted molar refractivity (Wildman–Crippen MR) is 85.8 cm³/mol. The zero-order valence-electron chi connectivity index (χ0n) is 12.3. The molecule has 0 saturated carbocycles. The van der Waals surface area contributed by atoms with Gasteiger partial charge in [-0.3, -0.25) is 0 Å². The smallest absolute Gasteiger partial charge is 0.340 e. The minimum absolute atomic E-state index is 0.212. The van der Waals surface area contributed by atoms with Crippen LogP contribution in [0.15, 0.2) is 47.4 Å². The minimum atomic E-state index is -0.975. The molecule has 4 heteroatoms. The van der Waals surface area contributed by atoms with Gasteiger partial charge in [0.25, 0.3) is 0 Å². The van der Waals surface area contributed by atoms with Crippen molar-refractivity contribution >= 4 is 17.7 Å². The van der Waals surface area contributed by atoms with Crippen molar-refractivity contribution in [2.45, 2.75) is 24.7 Å². The Morgan fingerprint density at radius 3 is 2.38 bits per heavy atom. The summed E-state index contributed by atoms with van der Waals surface area (Å²) >= 11 is 1.40. The fourth-order valence-electron chi connectivity index (χ4n) is 2.15. The van der Waals surface area contributed by atoms with Gasteiger partial charge in [-0.15, -0.1) is 11.8 Å². The Morgan fingerprint density at radius 1 is 1.10 bits per heavy atom. The molecule has 0 amide bonds. The summed E-state index contributed by atoms with van der Waals surface area (Å²) in [6.45, 7) is 4.16. The van der Waals surface area contributed by atoms with Gasteiger partial charge in [-0.05, 0) is 35.9 Å². The molecule has 0 aliphatic carbocycles. The van der Waals surface area contributed by atoms with Crippen molar-refractivity contribution < 1.29 is 14.6 Å². The molecule has 2 rings (SSSR count). The second kappa shape index (κ2) is 6.68. The van der Waals surface area contributed by atoms with Crippen LogP contribution in [0.4, 0.5) is 0 Å². The molecule has 0 saturated heterocycles. The van der Waals surface area contributed by atoms with Crippen LogP contribution >= 0.6 is 11.8 Å². The van der Waals surface area contributed by atoms with E-state index in [1.807, 2.05) is 36.6 Å². The molecule has 2 aromatic carbocycles. The highest BCUT2D eigenvalue weighted by atomic mass is 32.2. The van der Waals surface area contributed by atoms with Gasteiger partial charge in [0.1, 0.15) is 17.1 Å². The maximum atomic E-state index is 11.5. The van der Waals surface area contributed by atoms with Crippen LogP contribution in [-0.4, -0.2) is 17.3 Å². The summed E-state index contributed by atoms with van der Waals surface area (Å²) in [6.07, 6.45) is 1.85. The number of hydrogen-bond donors (Lipinski definition) is 1. The summed E-state index contributed by atoms with van der Waals surface area (Å²) in [7, 11) is 0. The Hall–Kier alpha value is -1.94. The third-order valence-corrected chi connectivity index (χ3v) is 3.96.